The third-order valence-corrected chi connectivity index (χ3v) is 4.11. The lowest BCUT2D eigenvalue weighted by Crippen LogP contribution is -2.10. The Bertz CT molecular complexity index is 1050. The van der Waals surface area contributed by atoms with Crippen molar-refractivity contribution in [3.8, 4) is 0 Å². The zero-order chi connectivity index (χ0) is 17.6. The summed E-state index contributed by atoms with van der Waals surface area (Å²) < 4.78 is 11.7. The number of furan rings is 2. The van der Waals surface area contributed by atoms with Crippen molar-refractivity contribution >= 4 is 46.0 Å². The Balaban J connectivity index is 0.00000196. The summed E-state index contributed by atoms with van der Waals surface area (Å²) in [6.45, 7) is 0. The predicted molar refractivity (Wildman–Crippen MR) is 105 cm³/mol. The van der Waals surface area contributed by atoms with Gasteiger partial charge in [-0.15, -0.1) is 12.4 Å². The van der Waals surface area contributed by atoms with Crippen molar-refractivity contribution < 1.29 is 8.83 Å². The summed E-state index contributed by atoms with van der Waals surface area (Å²) >= 11 is 0. The van der Waals surface area contributed by atoms with E-state index in [-0.39, 0.29) is 24.1 Å². The van der Waals surface area contributed by atoms with Crippen molar-refractivity contribution in [3.05, 3.63) is 71.2 Å². The highest BCUT2D eigenvalue weighted by molar-refractivity contribution is 5.99. The summed E-state index contributed by atoms with van der Waals surface area (Å²) in [7, 11) is 0. The van der Waals surface area contributed by atoms with Gasteiger partial charge in [0, 0.05) is 21.9 Å². The normalized spacial score (nSPS) is 10.8. The Hall–Kier alpha value is -3.25. The van der Waals surface area contributed by atoms with E-state index in [1.54, 1.807) is 12.1 Å². The molecule has 0 aliphatic heterocycles. The fraction of sp³-hybridized carbons (Fsp3) is 0.0526. The molecule has 0 aliphatic carbocycles. The highest BCUT2D eigenvalue weighted by Gasteiger charge is 2.11. The van der Waals surface area contributed by atoms with Crippen LogP contribution < -0.4 is 11.5 Å². The van der Waals surface area contributed by atoms with Crippen molar-refractivity contribution in [2.45, 2.75) is 6.42 Å². The summed E-state index contributed by atoms with van der Waals surface area (Å²) in [6.07, 6.45) is 0.508. The monoisotopic (exact) mass is 368 g/mol. The first-order valence-electron chi connectivity index (χ1n) is 7.73. The molecule has 4 rings (SSSR count). The number of benzene rings is 2. The van der Waals surface area contributed by atoms with Crippen LogP contribution in [0.2, 0.25) is 0 Å². The number of rotatable bonds is 4. The van der Waals surface area contributed by atoms with Crippen molar-refractivity contribution in [1.29, 1.82) is 10.8 Å². The molecule has 132 valence electrons. The Morgan fingerprint density at radius 3 is 1.54 bits per heavy atom. The van der Waals surface area contributed by atoms with Gasteiger partial charge < -0.3 is 20.3 Å². The van der Waals surface area contributed by atoms with Crippen LogP contribution in [0.25, 0.3) is 21.9 Å². The van der Waals surface area contributed by atoms with Crippen LogP contribution in [-0.4, -0.2) is 11.7 Å². The number of nitrogens with one attached hydrogen (secondary N) is 2. The van der Waals surface area contributed by atoms with Gasteiger partial charge in [0.1, 0.15) is 34.4 Å². The minimum atomic E-state index is 0. The smallest absolute Gasteiger partial charge is 0.134 e. The number of amidine groups is 2. The third-order valence-electron chi connectivity index (χ3n) is 4.11. The second kappa shape index (κ2) is 6.57. The van der Waals surface area contributed by atoms with Gasteiger partial charge in [-0.3, -0.25) is 10.8 Å². The molecular formula is C19H17ClN4O2. The van der Waals surface area contributed by atoms with Gasteiger partial charge in [-0.25, -0.2) is 0 Å². The summed E-state index contributed by atoms with van der Waals surface area (Å²) in [5.74, 6) is 1.59. The number of hydrogen-bond donors (Lipinski definition) is 4. The lowest BCUT2D eigenvalue weighted by Gasteiger charge is -1.96. The van der Waals surface area contributed by atoms with E-state index in [4.69, 9.17) is 31.1 Å². The highest BCUT2D eigenvalue weighted by Crippen LogP contribution is 2.26. The van der Waals surface area contributed by atoms with E-state index in [1.165, 1.54) is 0 Å². The summed E-state index contributed by atoms with van der Waals surface area (Å²) in [5, 5.41) is 16.8. The largest absolute Gasteiger partial charge is 0.461 e. The van der Waals surface area contributed by atoms with Crippen molar-refractivity contribution in [3.63, 3.8) is 0 Å². The third kappa shape index (κ3) is 3.14. The average molecular weight is 369 g/mol. The maximum atomic E-state index is 7.51. The zero-order valence-corrected chi connectivity index (χ0v) is 14.5. The lowest BCUT2D eigenvalue weighted by molar-refractivity contribution is 0.512. The molecule has 0 fully saturated rings. The first-order chi connectivity index (χ1) is 12.0. The molecule has 6 N–H and O–H groups in total. The molecule has 0 aliphatic rings. The van der Waals surface area contributed by atoms with Crippen LogP contribution in [0.5, 0.6) is 0 Å². The van der Waals surface area contributed by atoms with Gasteiger partial charge in [0.2, 0.25) is 0 Å². The maximum Gasteiger partial charge on any atom is 0.134 e. The quantitative estimate of drug-likeness (QED) is 0.323. The molecule has 0 unspecified atom stereocenters. The SMILES string of the molecule is Cl.N=C(N)c1ccc2oc(Cc3cc4cc(C(=N)N)ccc4o3)cc2c1. The molecule has 0 radical (unpaired) electrons. The lowest BCUT2D eigenvalue weighted by atomic mass is 10.1. The maximum absolute atomic E-state index is 7.51. The summed E-state index contributed by atoms with van der Waals surface area (Å²) in [5.41, 5.74) is 13.9. The second-order valence-electron chi connectivity index (χ2n) is 5.93. The van der Waals surface area contributed by atoms with Crippen LogP contribution in [0, 0.1) is 10.8 Å². The molecular weight excluding hydrogens is 352 g/mol. The standard InChI is InChI=1S/C19H16N4O2.ClH/c20-18(21)10-1-3-16-12(5-10)7-14(24-16)9-15-8-13-6-11(19(22)23)2-4-17(13)25-15;/h1-8H,9H2,(H3,20,21)(H3,22,23);1H. The van der Waals surface area contributed by atoms with Gasteiger partial charge in [0.25, 0.3) is 0 Å². The molecule has 6 nitrogen and oxygen atoms in total. The van der Waals surface area contributed by atoms with Crippen molar-refractivity contribution in [1.82, 2.24) is 0 Å². The summed E-state index contributed by atoms with van der Waals surface area (Å²) in [6, 6.07) is 14.7. The molecule has 0 atom stereocenters. The zero-order valence-electron chi connectivity index (χ0n) is 13.7. The number of nitrogen functional groups attached to an aromatic ring is 2. The van der Waals surface area contributed by atoms with Crippen LogP contribution >= 0.6 is 12.4 Å². The summed E-state index contributed by atoms with van der Waals surface area (Å²) in [4.78, 5) is 0. The van der Waals surface area contributed by atoms with E-state index >= 15 is 0 Å². The number of halogens is 1. The van der Waals surface area contributed by atoms with Crippen LogP contribution in [0.3, 0.4) is 0 Å². The second-order valence-corrected chi connectivity index (χ2v) is 5.93. The van der Waals surface area contributed by atoms with Crippen molar-refractivity contribution in [2.75, 3.05) is 0 Å². The molecule has 7 heteroatoms. The first kappa shape index (κ1) is 17.6. The fourth-order valence-corrected chi connectivity index (χ4v) is 2.88. The minimum absolute atomic E-state index is 0. The fourth-order valence-electron chi connectivity index (χ4n) is 2.88. The Morgan fingerprint density at radius 1 is 0.731 bits per heavy atom. The molecule has 2 heterocycles. The minimum Gasteiger partial charge on any atom is -0.461 e. The first-order valence-corrected chi connectivity index (χ1v) is 7.73. The van der Waals surface area contributed by atoms with Gasteiger partial charge in [-0.2, -0.15) is 0 Å². The molecule has 2 aromatic heterocycles. The van der Waals surface area contributed by atoms with E-state index < -0.39 is 0 Å². The van der Waals surface area contributed by atoms with E-state index in [0.717, 1.165) is 33.5 Å². The van der Waals surface area contributed by atoms with E-state index in [0.29, 0.717) is 17.5 Å². The van der Waals surface area contributed by atoms with Crippen LogP contribution in [-0.2, 0) is 6.42 Å². The van der Waals surface area contributed by atoms with E-state index in [9.17, 15) is 0 Å². The Kier molecular flexibility index (Phi) is 4.44. The van der Waals surface area contributed by atoms with Crippen LogP contribution in [0.1, 0.15) is 22.6 Å². The predicted octanol–water partition coefficient (Wildman–Crippen LogP) is 3.76. The molecule has 2 aromatic carbocycles. The van der Waals surface area contributed by atoms with Gasteiger partial charge >= 0.3 is 0 Å². The Labute approximate surface area is 155 Å². The molecule has 0 spiro atoms. The topological polar surface area (TPSA) is 126 Å². The molecule has 0 saturated heterocycles. The molecule has 0 amide bonds. The van der Waals surface area contributed by atoms with Gasteiger partial charge in [0.15, 0.2) is 0 Å². The van der Waals surface area contributed by atoms with E-state index in [2.05, 4.69) is 0 Å². The number of nitrogens with two attached hydrogens (primary N) is 2. The van der Waals surface area contributed by atoms with Gasteiger partial charge in [0.05, 0.1) is 6.42 Å². The Morgan fingerprint density at radius 2 is 1.15 bits per heavy atom. The number of hydrogen-bond acceptors (Lipinski definition) is 4. The highest BCUT2D eigenvalue weighted by atomic mass is 35.5. The molecule has 0 saturated carbocycles. The van der Waals surface area contributed by atoms with Crippen LogP contribution in [0.15, 0.2) is 57.4 Å². The molecule has 26 heavy (non-hydrogen) atoms. The van der Waals surface area contributed by atoms with Crippen LogP contribution in [0.4, 0.5) is 0 Å². The van der Waals surface area contributed by atoms with Gasteiger partial charge in [-0.1, -0.05) is 0 Å². The number of fused-ring (bicyclic) bond motifs is 2. The molecule has 4 aromatic rings. The average Bonchev–Trinajstić information content (AvgIpc) is 3.15. The van der Waals surface area contributed by atoms with Gasteiger partial charge in [-0.05, 0) is 48.5 Å². The molecule has 0 bridgehead atoms. The van der Waals surface area contributed by atoms with E-state index in [1.807, 2.05) is 36.4 Å². The van der Waals surface area contributed by atoms with Crippen molar-refractivity contribution in [2.24, 2.45) is 11.5 Å².